The van der Waals surface area contributed by atoms with Crippen LogP contribution in [-0.2, 0) is 65.4 Å². The Kier molecular flexibility index (Phi) is 63.1. The van der Waals surface area contributed by atoms with E-state index in [1.165, 1.54) is 173 Å². The molecule has 3 N–H and O–H groups in total. The minimum absolute atomic E-state index is 0.105. The van der Waals surface area contributed by atoms with Crippen LogP contribution in [0.15, 0.2) is 0 Å². The normalized spacial score (nSPS) is 14.4. The number of esters is 4. The van der Waals surface area contributed by atoms with Crippen molar-refractivity contribution in [2.24, 2.45) is 23.7 Å². The highest BCUT2D eigenvalue weighted by molar-refractivity contribution is 7.47. The molecule has 0 heterocycles. The fourth-order valence-corrected chi connectivity index (χ4v) is 12.9. The van der Waals surface area contributed by atoms with E-state index in [-0.39, 0.29) is 25.7 Å². The predicted octanol–water partition coefficient (Wildman–Crippen LogP) is 21.7. The molecule has 3 unspecified atom stereocenters. The fraction of sp³-hybridized carbons (Fsp3) is 0.947. The van der Waals surface area contributed by atoms with Crippen molar-refractivity contribution in [3.05, 3.63) is 0 Å². The van der Waals surface area contributed by atoms with Crippen LogP contribution < -0.4 is 0 Å². The quantitative estimate of drug-likeness (QED) is 0.0222. The van der Waals surface area contributed by atoms with Crippen LogP contribution in [0.1, 0.15) is 376 Å². The number of unbranched alkanes of at least 4 members (excludes halogenated alkanes) is 37. The molecule has 0 saturated heterocycles. The first-order chi connectivity index (χ1) is 45.1. The molecule has 0 aliphatic rings. The summed E-state index contributed by atoms with van der Waals surface area (Å²) in [4.78, 5) is 72.8. The molecule has 0 aromatic carbocycles. The van der Waals surface area contributed by atoms with Gasteiger partial charge >= 0.3 is 39.5 Å². The highest BCUT2D eigenvalue weighted by Gasteiger charge is 2.30. The summed E-state index contributed by atoms with van der Waals surface area (Å²) in [5, 5.41) is 10.6. The molecular formula is C75H146O17P2. The average Bonchev–Trinajstić information content (AvgIpc) is 1.15. The number of phosphoric ester groups is 2. The zero-order chi connectivity index (χ0) is 69.6. The second kappa shape index (κ2) is 64.4. The Morgan fingerprint density at radius 2 is 0.511 bits per heavy atom. The summed E-state index contributed by atoms with van der Waals surface area (Å²) < 4.78 is 68.5. The van der Waals surface area contributed by atoms with Crippen molar-refractivity contribution < 1.29 is 80.2 Å². The Balaban J connectivity index is 5.25. The molecule has 0 aliphatic carbocycles. The third kappa shape index (κ3) is 67.3. The molecule has 558 valence electrons. The van der Waals surface area contributed by atoms with Gasteiger partial charge in [-0.05, 0) is 49.4 Å². The molecule has 0 fully saturated rings. The summed E-state index contributed by atoms with van der Waals surface area (Å²) in [6.07, 6.45) is 48.6. The number of hydrogen-bond donors (Lipinski definition) is 3. The minimum Gasteiger partial charge on any atom is -0.462 e. The molecular weight excluding hydrogens is 1230 g/mol. The van der Waals surface area contributed by atoms with Crippen molar-refractivity contribution in [3.63, 3.8) is 0 Å². The summed E-state index contributed by atoms with van der Waals surface area (Å²) in [6, 6.07) is 0. The van der Waals surface area contributed by atoms with Crippen molar-refractivity contribution >= 4 is 39.5 Å². The van der Waals surface area contributed by atoms with Crippen molar-refractivity contribution in [2.45, 2.75) is 395 Å². The van der Waals surface area contributed by atoms with Crippen LogP contribution in [0.25, 0.3) is 0 Å². The molecule has 0 aromatic heterocycles. The van der Waals surface area contributed by atoms with Crippen molar-refractivity contribution in [3.8, 4) is 0 Å². The molecule has 6 atom stereocenters. The summed E-state index contributed by atoms with van der Waals surface area (Å²) >= 11 is 0. The number of carbonyl (C=O) groups excluding carboxylic acids is 4. The maximum atomic E-state index is 13.1. The van der Waals surface area contributed by atoms with Gasteiger partial charge in [-0.1, -0.05) is 325 Å². The molecule has 0 radical (unpaired) electrons. The third-order valence-electron chi connectivity index (χ3n) is 17.7. The molecule has 0 aromatic rings. The first-order valence-corrected chi connectivity index (χ1v) is 41.7. The zero-order valence-corrected chi connectivity index (χ0v) is 63.4. The fourth-order valence-electron chi connectivity index (χ4n) is 11.3. The number of hydrogen-bond acceptors (Lipinski definition) is 15. The first kappa shape index (κ1) is 92.1. The Labute approximate surface area is 575 Å². The van der Waals surface area contributed by atoms with Crippen LogP contribution in [0.3, 0.4) is 0 Å². The van der Waals surface area contributed by atoms with E-state index in [1.54, 1.807) is 0 Å². The molecule has 0 bridgehead atoms. The van der Waals surface area contributed by atoms with Crippen LogP contribution >= 0.6 is 15.6 Å². The smallest absolute Gasteiger partial charge is 0.462 e. The van der Waals surface area contributed by atoms with Gasteiger partial charge in [0.2, 0.25) is 0 Å². The third-order valence-corrected chi connectivity index (χ3v) is 19.6. The number of phosphoric acid groups is 2. The second-order valence-electron chi connectivity index (χ2n) is 28.7. The van der Waals surface area contributed by atoms with E-state index in [4.69, 9.17) is 37.0 Å². The van der Waals surface area contributed by atoms with E-state index >= 15 is 0 Å². The van der Waals surface area contributed by atoms with Gasteiger partial charge in [-0.3, -0.25) is 37.3 Å². The Bertz CT molecular complexity index is 1850. The highest BCUT2D eigenvalue weighted by atomic mass is 31.2. The van der Waals surface area contributed by atoms with Gasteiger partial charge < -0.3 is 33.8 Å². The standard InChI is InChI=1S/C75H146O17P2/c1-9-68(8)54-46-38-29-23-19-20-26-32-42-50-58-75(80)92-71(62-86-73(78)56-48-40-34-33-37-45-53-67(6)7)64-90-94(83,84)88-60-69(76)59-87-93(81,82)89-63-70(61-85-72(77)55-47-39-30-24-17-14-13-16-22-28-36-44-52-66(4)5)91-74(79)57-49-41-31-25-18-12-10-11-15-21-27-35-43-51-65(2)3/h65-71,76H,9-64H2,1-8H3,(H,81,82)(H,83,84)/t68?,69-,70-,71-/m1/s1. The van der Waals surface area contributed by atoms with Crippen LogP contribution in [0.2, 0.25) is 0 Å². The van der Waals surface area contributed by atoms with E-state index < -0.39 is 97.5 Å². The SMILES string of the molecule is CCC(C)CCCCCCCCCCCCC(=O)O[C@H](COC(=O)CCCCCCCCC(C)C)COP(=O)(O)OC[C@H](O)COP(=O)(O)OC[C@@H](COC(=O)CCCCCCCCCCCCCCC(C)C)OC(=O)CCCCCCCCCCCCCCCC(C)C. The largest absolute Gasteiger partial charge is 0.472 e. The second-order valence-corrected chi connectivity index (χ2v) is 31.6. The first-order valence-electron chi connectivity index (χ1n) is 38.7. The predicted molar refractivity (Wildman–Crippen MR) is 381 cm³/mol. The average molecular weight is 1380 g/mol. The maximum Gasteiger partial charge on any atom is 0.472 e. The van der Waals surface area contributed by atoms with Crippen molar-refractivity contribution in [2.75, 3.05) is 39.6 Å². The molecule has 0 rings (SSSR count). The van der Waals surface area contributed by atoms with Gasteiger partial charge in [0.25, 0.3) is 0 Å². The van der Waals surface area contributed by atoms with Gasteiger partial charge in [0.15, 0.2) is 12.2 Å². The summed E-state index contributed by atoms with van der Waals surface area (Å²) in [7, 11) is -9.91. The number of ether oxygens (including phenoxy) is 4. The van der Waals surface area contributed by atoms with Crippen LogP contribution in [0, 0.1) is 23.7 Å². The topological polar surface area (TPSA) is 237 Å². The van der Waals surface area contributed by atoms with E-state index in [0.29, 0.717) is 31.6 Å². The zero-order valence-electron chi connectivity index (χ0n) is 61.6. The number of aliphatic hydroxyl groups is 1. The lowest BCUT2D eigenvalue weighted by Gasteiger charge is -2.21. The van der Waals surface area contributed by atoms with Gasteiger partial charge in [-0.2, -0.15) is 0 Å². The van der Waals surface area contributed by atoms with Gasteiger partial charge in [0.1, 0.15) is 19.3 Å². The lowest BCUT2D eigenvalue weighted by atomic mass is 9.99. The van der Waals surface area contributed by atoms with Gasteiger partial charge in [0, 0.05) is 25.7 Å². The van der Waals surface area contributed by atoms with E-state index in [0.717, 1.165) is 114 Å². The number of rotatable bonds is 72. The molecule has 0 amide bonds. The lowest BCUT2D eigenvalue weighted by molar-refractivity contribution is -0.161. The Hall–Kier alpha value is -1.94. The molecule has 17 nitrogen and oxygen atoms in total. The summed E-state index contributed by atoms with van der Waals surface area (Å²) in [6.45, 7) is 14.2. The van der Waals surface area contributed by atoms with Crippen LogP contribution in [-0.4, -0.2) is 96.7 Å². The molecule has 0 saturated carbocycles. The van der Waals surface area contributed by atoms with E-state index in [1.807, 2.05) is 0 Å². The van der Waals surface area contributed by atoms with Gasteiger partial charge in [0.05, 0.1) is 26.4 Å². The van der Waals surface area contributed by atoms with E-state index in [9.17, 15) is 43.2 Å². The summed E-state index contributed by atoms with van der Waals surface area (Å²) in [5.41, 5.74) is 0. The molecule has 0 spiro atoms. The maximum absolute atomic E-state index is 13.1. The molecule has 94 heavy (non-hydrogen) atoms. The lowest BCUT2D eigenvalue weighted by Crippen LogP contribution is -2.30. The van der Waals surface area contributed by atoms with Crippen LogP contribution in [0.5, 0.6) is 0 Å². The van der Waals surface area contributed by atoms with Gasteiger partial charge in [-0.25, -0.2) is 9.13 Å². The molecule has 19 heteroatoms. The highest BCUT2D eigenvalue weighted by Crippen LogP contribution is 2.45. The van der Waals surface area contributed by atoms with Crippen molar-refractivity contribution in [1.29, 1.82) is 0 Å². The number of aliphatic hydroxyl groups excluding tert-OH is 1. The Morgan fingerprint density at radius 1 is 0.298 bits per heavy atom. The Morgan fingerprint density at radius 3 is 0.755 bits per heavy atom. The minimum atomic E-state index is -4.96. The number of carbonyl (C=O) groups is 4. The molecule has 0 aliphatic heterocycles. The van der Waals surface area contributed by atoms with E-state index in [2.05, 4.69) is 55.4 Å². The van der Waals surface area contributed by atoms with Crippen LogP contribution in [0.4, 0.5) is 0 Å². The monoisotopic (exact) mass is 1380 g/mol. The summed E-state index contributed by atoms with van der Waals surface area (Å²) in [5.74, 6) is 0.927. The van der Waals surface area contributed by atoms with Gasteiger partial charge in [-0.15, -0.1) is 0 Å². The van der Waals surface area contributed by atoms with Crippen molar-refractivity contribution in [1.82, 2.24) is 0 Å².